The highest BCUT2D eigenvalue weighted by molar-refractivity contribution is 7.89. The van der Waals surface area contributed by atoms with Gasteiger partial charge >= 0.3 is 0 Å². The number of pyridine rings is 1. The number of rotatable bonds is 6. The zero-order valence-corrected chi connectivity index (χ0v) is 18.0. The van der Waals surface area contributed by atoms with Gasteiger partial charge in [-0.15, -0.1) is 0 Å². The van der Waals surface area contributed by atoms with E-state index >= 15 is 0 Å². The number of hydrogen-bond acceptors (Lipinski definition) is 5. The smallest absolute Gasteiger partial charge is 0.247 e. The van der Waals surface area contributed by atoms with Crippen molar-refractivity contribution in [1.29, 1.82) is 0 Å². The summed E-state index contributed by atoms with van der Waals surface area (Å²) in [6.07, 6.45) is 2.66. The van der Waals surface area contributed by atoms with E-state index in [1.807, 2.05) is 0 Å². The van der Waals surface area contributed by atoms with Crippen molar-refractivity contribution in [2.24, 2.45) is 5.92 Å². The maximum Gasteiger partial charge on any atom is 0.247 e. The third-order valence-corrected chi connectivity index (χ3v) is 7.01. The van der Waals surface area contributed by atoms with Crippen LogP contribution in [-0.2, 0) is 19.6 Å². The minimum absolute atomic E-state index is 0.0609. The summed E-state index contributed by atoms with van der Waals surface area (Å²) < 4.78 is 27.1. The lowest BCUT2D eigenvalue weighted by Crippen LogP contribution is -2.49. The summed E-state index contributed by atoms with van der Waals surface area (Å²) in [6, 6.07) is 10.3. The maximum absolute atomic E-state index is 12.9. The molecule has 2 aromatic rings. The van der Waals surface area contributed by atoms with Gasteiger partial charge in [-0.25, -0.2) is 13.4 Å². The number of sulfonamides is 1. The van der Waals surface area contributed by atoms with Gasteiger partial charge in [0, 0.05) is 24.3 Å². The zero-order chi connectivity index (χ0) is 21.7. The van der Waals surface area contributed by atoms with E-state index in [0.717, 1.165) is 0 Å². The van der Waals surface area contributed by atoms with Crippen molar-refractivity contribution in [2.75, 3.05) is 18.4 Å². The van der Waals surface area contributed by atoms with Crippen LogP contribution in [0.5, 0.6) is 0 Å². The van der Waals surface area contributed by atoms with Crippen molar-refractivity contribution in [3.8, 4) is 0 Å². The molecule has 160 valence electrons. The molecule has 0 aliphatic carbocycles. The molecule has 1 fully saturated rings. The van der Waals surface area contributed by atoms with E-state index in [1.165, 1.54) is 28.6 Å². The van der Waals surface area contributed by atoms with E-state index in [-0.39, 0.29) is 17.3 Å². The fourth-order valence-corrected chi connectivity index (χ4v) is 4.85. The topological polar surface area (TPSA) is 108 Å². The monoisotopic (exact) mass is 450 g/mol. The number of amides is 2. The minimum Gasteiger partial charge on any atom is -0.344 e. The molecule has 2 atom stereocenters. The Balaban J connectivity index is 1.61. The number of halogens is 1. The predicted octanol–water partition coefficient (Wildman–Crippen LogP) is 2.28. The number of anilines is 1. The van der Waals surface area contributed by atoms with Gasteiger partial charge in [-0.1, -0.05) is 17.7 Å². The number of nitrogens with one attached hydrogen (secondary N) is 2. The molecule has 1 aliphatic heterocycles. The molecule has 0 unspecified atom stereocenters. The first-order chi connectivity index (χ1) is 14.3. The second-order valence-corrected chi connectivity index (χ2v) is 9.47. The van der Waals surface area contributed by atoms with Crippen molar-refractivity contribution in [1.82, 2.24) is 14.6 Å². The highest BCUT2D eigenvalue weighted by Crippen LogP contribution is 2.25. The van der Waals surface area contributed by atoms with Gasteiger partial charge in [0.1, 0.15) is 11.9 Å². The first kappa shape index (κ1) is 22.2. The van der Waals surface area contributed by atoms with E-state index in [0.29, 0.717) is 30.2 Å². The highest BCUT2D eigenvalue weighted by Gasteiger charge is 2.34. The molecule has 8 nitrogen and oxygen atoms in total. The summed E-state index contributed by atoms with van der Waals surface area (Å²) in [5.74, 6) is -0.898. The second-order valence-electron chi connectivity index (χ2n) is 7.09. The molecule has 1 saturated heterocycles. The summed E-state index contributed by atoms with van der Waals surface area (Å²) in [5, 5.41) is 5.75. The molecule has 2 N–H and O–H groups in total. The van der Waals surface area contributed by atoms with Gasteiger partial charge in [0.05, 0.1) is 10.8 Å². The molecule has 3 rings (SSSR count). The van der Waals surface area contributed by atoms with Crippen LogP contribution in [0.4, 0.5) is 5.82 Å². The van der Waals surface area contributed by atoms with Crippen LogP contribution in [0.3, 0.4) is 0 Å². The molecule has 0 saturated carbocycles. The molecule has 2 heterocycles. The first-order valence-electron chi connectivity index (χ1n) is 9.55. The van der Waals surface area contributed by atoms with Crippen molar-refractivity contribution in [2.45, 2.75) is 30.7 Å². The Morgan fingerprint density at radius 3 is 2.60 bits per heavy atom. The molecule has 30 heavy (non-hydrogen) atoms. The van der Waals surface area contributed by atoms with E-state index < -0.39 is 27.9 Å². The van der Waals surface area contributed by atoms with E-state index in [9.17, 15) is 18.0 Å². The Morgan fingerprint density at radius 2 is 1.93 bits per heavy atom. The highest BCUT2D eigenvalue weighted by atomic mass is 35.5. The van der Waals surface area contributed by atoms with Crippen molar-refractivity contribution in [3.63, 3.8) is 0 Å². The van der Waals surface area contributed by atoms with Gasteiger partial charge < -0.3 is 10.6 Å². The van der Waals surface area contributed by atoms with Crippen LogP contribution in [-0.4, -0.2) is 48.7 Å². The third kappa shape index (κ3) is 5.35. The molecule has 1 aromatic carbocycles. The average molecular weight is 451 g/mol. The largest absolute Gasteiger partial charge is 0.344 e. The lowest BCUT2D eigenvalue weighted by molar-refractivity contribution is -0.129. The lowest BCUT2D eigenvalue weighted by atomic mass is 9.98. The summed E-state index contributed by atoms with van der Waals surface area (Å²) >= 11 is 5.84. The summed E-state index contributed by atoms with van der Waals surface area (Å²) in [7, 11) is -3.72. The molecule has 1 aromatic heterocycles. The summed E-state index contributed by atoms with van der Waals surface area (Å²) in [5.41, 5.74) is 0. The van der Waals surface area contributed by atoms with Crippen LogP contribution in [0.1, 0.15) is 19.8 Å². The molecule has 0 bridgehead atoms. The molecule has 2 amide bonds. The number of hydrogen-bond donors (Lipinski definition) is 2. The Morgan fingerprint density at radius 1 is 1.20 bits per heavy atom. The standard InChI is InChI=1S/C20H23ClN4O4S/c1-14(19(26)24-18-6-2-3-11-22-18)23-20(27)15-5-4-12-25(13-15)30(28,29)17-9-7-16(21)8-10-17/h2-3,6-11,14-15H,4-5,12-13H2,1H3,(H,23,27)(H,22,24,26)/t14-,15+/m0/s1. The minimum atomic E-state index is -3.72. The number of carbonyl (C=O) groups is 2. The molecular weight excluding hydrogens is 428 g/mol. The van der Waals surface area contributed by atoms with Crippen LogP contribution < -0.4 is 10.6 Å². The number of piperidine rings is 1. The average Bonchev–Trinajstić information content (AvgIpc) is 2.74. The Hall–Kier alpha value is -2.49. The van der Waals surface area contributed by atoms with Crippen molar-refractivity contribution in [3.05, 3.63) is 53.7 Å². The van der Waals surface area contributed by atoms with Gasteiger partial charge in [-0.2, -0.15) is 4.31 Å². The normalized spacial score (nSPS) is 18.4. The summed E-state index contributed by atoms with van der Waals surface area (Å²) in [4.78, 5) is 29.1. The summed E-state index contributed by atoms with van der Waals surface area (Å²) in [6.45, 7) is 1.97. The van der Waals surface area contributed by atoms with Crippen LogP contribution >= 0.6 is 11.6 Å². The van der Waals surface area contributed by atoms with Crippen LogP contribution in [0.15, 0.2) is 53.6 Å². The lowest BCUT2D eigenvalue weighted by Gasteiger charge is -2.31. The number of nitrogens with zero attached hydrogens (tertiary/aromatic N) is 2. The predicted molar refractivity (Wildman–Crippen MR) is 113 cm³/mol. The Kier molecular flexibility index (Phi) is 7.06. The van der Waals surface area contributed by atoms with Gasteiger partial charge in [-0.3, -0.25) is 9.59 Å². The Bertz CT molecular complexity index is 999. The molecular formula is C20H23ClN4O4S. The first-order valence-corrected chi connectivity index (χ1v) is 11.4. The number of benzene rings is 1. The van der Waals surface area contributed by atoms with E-state index in [4.69, 9.17) is 11.6 Å². The number of carbonyl (C=O) groups excluding carboxylic acids is 2. The van der Waals surface area contributed by atoms with E-state index in [2.05, 4.69) is 15.6 Å². The third-order valence-electron chi connectivity index (χ3n) is 4.87. The molecule has 0 spiro atoms. The molecule has 1 aliphatic rings. The van der Waals surface area contributed by atoms with Crippen molar-refractivity contribution >= 4 is 39.3 Å². The quantitative estimate of drug-likeness (QED) is 0.701. The second kappa shape index (κ2) is 9.55. The SMILES string of the molecule is C[C@H](NC(=O)[C@@H]1CCCN(S(=O)(=O)c2ccc(Cl)cc2)C1)C(=O)Nc1ccccn1. The van der Waals surface area contributed by atoms with Gasteiger partial charge in [0.25, 0.3) is 0 Å². The van der Waals surface area contributed by atoms with E-state index in [1.54, 1.807) is 31.3 Å². The fraction of sp³-hybridized carbons (Fsp3) is 0.350. The number of aromatic nitrogens is 1. The zero-order valence-electron chi connectivity index (χ0n) is 16.4. The van der Waals surface area contributed by atoms with Crippen LogP contribution in [0, 0.1) is 5.92 Å². The van der Waals surface area contributed by atoms with Gasteiger partial charge in [0.2, 0.25) is 21.8 Å². The Labute approximate surface area is 180 Å². The van der Waals surface area contributed by atoms with Crippen LogP contribution in [0.25, 0.3) is 0 Å². The maximum atomic E-state index is 12.9. The van der Waals surface area contributed by atoms with Gasteiger partial charge in [-0.05, 0) is 56.2 Å². The fourth-order valence-electron chi connectivity index (χ4n) is 3.20. The van der Waals surface area contributed by atoms with Crippen molar-refractivity contribution < 1.29 is 18.0 Å². The molecule has 0 radical (unpaired) electrons. The molecule has 10 heteroatoms. The van der Waals surface area contributed by atoms with Gasteiger partial charge in [0.15, 0.2) is 0 Å². The van der Waals surface area contributed by atoms with Crippen LogP contribution in [0.2, 0.25) is 5.02 Å².